The molecule has 0 heterocycles. The van der Waals surface area contributed by atoms with Crippen molar-refractivity contribution in [2.45, 2.75) is 32.3 Å². The van der Waals surface area contributed by atoms with E-state index < -0.39 is 17.0 Å². The van der Waals surface area contributed by atoms with E-state index in [0.29, 0.717) is 46.0 Å². The van der Waals surface area contributed by atoms with E-state index in [4.69, 9.17) is 28.8 Å². The first-order chi connectivity index (χ1) is 16.8. The molecule has 1 atom stereocenters. The van der Waals surface area contributed by atoms with Gasteiger partial charge in [0.2, 0.25) is 5.91 Å². The number of ether oxygens (including phenoxy) is 5. The standard InChI is InChI=1S/C22H34N2O11/c1-16(25)17-14-19(31-2)20(15-18(17)24(29)30)35-7-3-4-21(26)23-6-9-33-11-13-34-12-10-32-8-5-22(27)28/h14-16,25H,3-13H2,1-2H3,(H,23,26)(H,27,28). The van der Waals surface area contributed by atoms with Gasteiger partial charge >= 0.3 is 5.97 Å². The molecule has 0 saturated carbocycles. The molecule has 0 aliphatic heterocycles. The zero-order chi connectivity index (χ0) is 26.1. The number of hydrogen-bond donors (Lipinski definition) is 3. The Balaban J connectivity index is 2.16. The number of methoxy groups -OCH3 is 1. The number of carbonyl (C=O) groups excluding carboxylic acids is 1. The number of amides is 1. The molecule has 0 aromatic heterocycles. The average molecular weight is 503 g/mol. The molecule has 1 unspecified atom stereocenters. The molecule has 1 aromatic rings. The van der Waals surface area contributed by atoms with E-state index in [1.54, 1.807) is 0 Å². The number of nitro groups is 1. The van der Waals surface area contributed by atoms with E-state index in [2.05, 4.69) is 5.32 Å². The second kappa shape index (κ2) is 17.4. The average Bonchev–Trinajstić information content (AvgIpc) is 2.81. The fourth-order valence-corrected chi connectivity index (χ4v) is 2.80. The highest BCUT2D eigenvalue weighted by Gasteiger charge is 2.22. The van der Waals surface area contributed by atoms with Crippen molar-refractivity contribution in [3.8, 4) is 11.5 Å². The minimum atomic E-state index is -1.05. The zero-order valence-electron chi connectivity index (χ0n) is 20.0. The molecule has 1 aromatic carbocycles. The van der Waals surface area contributed by atoms with Gasteiger partial charge in [-0.05, 0) is 19.4 Å². The number of carboxylic acids is 1. The second-order valence-electron chi connectivity index (χ2n) is 7.28. The molecule has 13 heteroatoms. The summed E-state index contributed by atoms with van der Waals surface area (Å²) in [5.74, 6) is -0.683. The number of aliphatic hydroxyl groups excluding tert-OH is 1. The molecule has 198 valence electrons. The minimum Gasteiger partial charge on any atom is -0.493 e. The largest absolute Gasteiger partial charge is 0.493 e. The summed E-state index contributed by atoms with van der Waals surface area (Å²) >= 11 is 0. The molecule has 0 fully saturated rings. The Morgan fingerprint density at radius 3 is 2.20 bits per heavy atom. The molecule has 0 aliphatic rings. The molecule has 1 amide bonds. The van der Waals surface area contributed by atoms with Crippen molar-refractivity contribution in [3.05, 3.63) is 27.8 Å². The van der Waals surface area contributed by atoms with Gasteiger partial charge in [-0.2, -0.15) is 0 Å². The van der Waals surface area contributed by atoms with Gasteiger partial charge in [-0.3, -0.25) is 19.7 Å². The molecule has 0 bridgehead atoms. The fraction of sp³-hybridized carbons (Fsp3) is 0.636. The van der Waals surface area contributed by atoms with Gasteiger partial charge in [-0.15, -0.1) is 0 Å². The van der Waals surface area contributed by atoms with Gasteiger partial charge in [-0.25, -0.2) is 0 Å². The molecular formula is C22H34N2O11. The number of carbonyl (C=O) groups is 2. The first-order valence-electron chi connectivity index (χ1n) is 11.1. The van der Waals surface area contributed by atoms with E-state index in [-0.39, 0.29) is 54.7 Å². The fourth-order valence-electron chi connectivity index (χ4n) is 2.80. The lowest BCUT2D eigenvalue weighted by Crippen LogP contribution is -2.27. The number of aliphatic hydroxyl groups is 1. The third kappa shape index (κ3) is 12.9. The van der Waals surface area contributed by atoms with E-state index in [1.165, 1.54) is 26.2 Å². The lowest BCUT2D eigenvalue weighted by molar-refractivity contribution is -0.386. The molecule has 3 N–H and O–H groups in total. The molecule has 1 rings (SSSR count). The van der Waals surface area contributed by atoms with Crippen molar-refractivity contribution in [1.29, 1.82) is 0 Å². The number of benzene rings is 1. The van der Waals surface area contributed by atoms with Crippen LogP contribution in [0.15, 0.2) is 12.1 Å². The Morgan fingerprint density at radius 1 is 1.00 bits per heavy atom. The molecular weight excluding hydrogens is 468 g/mol. The van der Waals surface area contributed by atoms with Gasteiger partial charge in [0.15, 0.2) is 11.5 Å². The summed E-state index contributed by atoms with van der Waals surface area (Å²) in [5, 5.41) is 32.2. The third-order valence-electron chi connectivity index (χ3n) is 4.54. The SMILES string of the molecule is COc1cc(C(C)O)c([N+](=O)[O-])cc1OCCCC(=O)NCCOCCOCCOCCC(=O)O. The van der Waals surface area contributed by atoms with E-state index in [9.17, 15) is 24.8 Å². The van der Waals surface area contributed by atoms with Crippen LogP contribution in [0.3, 0.4) is 0 Å². The summed E-state index contributed by atoms with van der Waals surface area (Å²) in [6, 6.07) is 2.57. The monoisotopic (exact) mass is 502 g/mol. The zero-order valence-corrected chi connectivity index (χ0v) is 20.0. The van der Waals surface area contributed by atoms with Crippen LogP contribution in [-0.2, 0) is 23.8 Å². The van der Waals surface area contributed by atoms with Crippen LogP contribution in [0.4, 0.5) is 5.69 Å². The maximum atomic E-state index is 11.9. The van der Waals surface area contributed by atoms with Crippen molar-refractivity contribution in [1.82, 2.24) is 5.32 Å². The van der Waals surface area contributed by atoms with E-state index >= 15 is 0 Å². The van der Waals surface area contributed by atoms with Crippen molar-refractivity contribution in [2.75, 3.05) is 59.9 Å². The van der Waals surface area contributed by atoms with Crippen LogP contribution in [0, 0.1) is 10.1 Å². The maximum absolute atomic E-state index is 11.9. The summed E-state index contributed by atoms with van der Waals surface area (Å²) in [6.45, 7) is 3.71. The number of nitro benzene ring substituents is 1. The Labute approximate surface area is 203 Å². The van der Waals surface area contributed by atoms with Gasteiger partial charge in [0.25, 0.3) is 5.69 Å². The highest BCUT2D eigenvalue weighted by atomic mass is 16.6. The van der Waals surface area contributed by atoms with Crippen molar-refractivity contribution in [2.24, 2.45) is 0 Å². The van der Waals surface area contributed by atoms with Crippen LogP contribution in [0.1, 0.15) is 37.9 Å². The lowest BCUT2D eigenvalue weighted by Gasteiger charge is -2.14. The number of hydrogen-bond acceptors (Lipinski definition) is 10. The first kappa shape index (κ1) is 30.0. The summed E-state index contributed by atoms with van der Waals surface area (Å²) < 4.78 is 26.4. The Kier molecular flexibility index (Phi) is 15.0. The van der Waals surface area contributed by atoms with Crippen LogP contribution < -0.4 is 14.8 Å². The maximum Gasteiger partial charge on any atom is 0.305 e. The smallest absolute Gasteiger partial charge is 0.305 e. The van der Waals surface area contributed by atoms with Crippen molar-refractivity contribution in [3.63, 3.8) is 0 Å². The van der Waals surface area contributed by atoms with Crippen molar-refractivity contribution >= 4 is 17.6 Å². The summed E-state index contributed by atoms with van der Waals surface area (Å²) in [6.07, 6.45) is -0.513. The number of nitrogens with zero attached hydrogens (tertiary/aromatic N) is 1. The molecule has 0 saturated heterocycles. The lowest BCUT2D eigenvalue weighted by atomic mass is 10.1. The quantitative estimate of drug-likeness (QED) is 0.134. The minimum absolute atomic E-state index is 0.0417. The van der Waals surface area contributed by atoms with Gasteiger partial charge in [0.1, 0.15) is 0 Å². The van der Waals surface area contributed by atoms with Gasteiger partial charge in [-0.1, -0.05) is 0 Å². The first-order valence-corrected chi connectivity index (χ1v) is 11.1. The Morgan fingerprint density at radius 2 is 1.63 bits per heavy atom. The Hall–Kier alpha value is -3.00. The Bertz CT molecular complexity index is 802. The van der Waals surface area contributed by atoms with Gasteiger partial charge in [0.05, 0.1) is 82.4 Å². The topological polar surface area (TPSA) is 176 Å². The second-order valence-corrected chi connectivity index (χ2v) is 7.28. The van der Waals surface area contributed by atoms with Crippen molar-refractivity contribution < 1.29 is 48.4 Å². The van der Waals surface area contributed by atoms with E-state index in [1.807, 2.05) is 0 Å². The van der Waals surface area contributed by atoms with Gasteiger partial charge < -0.3 is 39.2 Å². The highest BCUT2D eigenvalue weighted by Crippen LogP contribution is 2.37. The molecule has 35 heavy (non-hydrogen) atoms. The molecule has 13 nitrogen and oxygen atoms in total. The van der Waals surface area contributed by atoms with Crippen LogP contribution in [0.2, 0.25) is 0 Å². The molecule has 0 aliphatic carbocycles. The predicted octanol–water partition coefficient (Wildman–Crippen LogP) is 1.46. The predicted molar refractivity (Wildman–Crippen MR) is 123 cm³/mol. The number of carboxylic acid groups (broad SMARTS) is 1. The van der Waals surface area contributed by atoms with Gasteiger partial charge in [0, 0.05) is 13.0 Å². The normalized spacial score (nSPS) is 11.6. The molecule has 0 radical (unpaired) electrons. The van der Waals surface area contributed by atoms with Crippen LogP contribution in [0.25, 0.3) is 0 Å². The highest BCUT2D eigenvalue weighted by molar-refractivity contribution is 5.75. The summed E-state index contributed by atoms with van der Waals surface area (Å²) in [4.78, 5) is 32.9. The van der Waals surface area contributed by atoms with Crippen LogP contribution in [-0.4, -0.2) is 86.9 Å². The number of nitrogens with one attached hydrogen (secondary N) is 1. The number of rotatable bonds is 20. The van der Waals surface area contributed by atoms with E-state index in [0.717, 1.165) is 0 Å². The summed E-state index contributed by atoms with van der Waals surface area (Å²) in [7, 11) is 1.39. The third-order valence-corrected chi connectivity index (χ3v) is 4.54. The summed E-state index contributed by atoms with van der Waals surface area (Å²) in [5.41, 5.74) is -0.155. The van der Waals surface area contributed by atoms with Crippen LogP contribution >= 0.6 is 0 Å². The number of aliphatic carboxylic acids is 1. The van der Waals surface area contributed by atoms with Crippen LogP contribution in [0.5, 0.6) is 11.5 Å². The molecule has 0 spiro atoms.